The molecule has 16 heavy (non-hydrogen) atoms. The number of fused-ring (bicyclic) bond motifs is 1. The quantitative estimate of drug-likeness (QED) is 0.768. The maximum atomic E-state index is 5.58. The van der Waals surface area contributed by atoms with Crippen LogP contribution in [0.4, 0.5) is 0 Å². The van der Waals surface area contributed by atoms with Crippen molar-refractivity contribution in [2.45, 2.75) is 19.8 Å². The molecule has 0 spiro atoms. The number of hydrogen-bond donors (Lipinski definition) is 0. The predicted octanol–water partition coefficient (Wildman–Crippen LogP) is 3.88. The van der Waals surface area contributed by atoms with E-state index >= 15 is 0 Å². The van der Waals surface area contributed by atoms with Gasteiger partial charge in [-0.3, -0.25) is 0 Å². The second-order valence-corrected chi connectivity index (χ2v) is 4.95. The molecule has 2 rings (SSSR count). The molecule has 0 saturated heterocycles. The van der Waals surface area contributed by atoms with Gasteiger partial charge in [0.05, 0.1) is 0 Å². The summed E-state index contributed by atoms with van der Waals surface area (Å²) in [6.07, 6.45) is 2.16. The summed E-state index contributed by atoms with van der Waals surface area (Å²) in [5.41, 5.74) is 3.69. The third-order valence-electron chi connectivity index (χ3n) is 2.87. The third kappa shape index (κ3) is 2.38. The maximum absolute atomic E-state index is 5.58. The minimum atomic E-state index is 0.534. The highest BCUT2D eigenvalue weighted by molar-refractivity contribution is 9.09. The van der Waals surface area contributed by atoms with Crippen molar-refractivity contribution in [1.82, 2.24) is 0 Å². The van der Waals surface area contributed by atoms with Crippen molar-refractivity contribution in [2.24, 2.45) is 5.92 Å². The number of ether oxygens (including phenoxy) is 2. The van der Waals surface area contributed by atoms with Gasteiger partial charge in [-0.15, -0.1) is 0 Å². The fourth-order valence-corrected chi connectivity index (χ4v) is 2.75. The molecule has 88 valence electrons. The Morgan fingerprint density at radius 1 is 1.06 bits per heavy atom. The van der Waals surface area contributed by atoms with Crippen LogP contribution in [0.25, 0.3) is 0 Å². The summed E-state index contributed by atoms with van der Waals surface area (Å²) < 4.78 is 11.2. The Balaban J connectivity index is 2.37. The van der Waals surface area contributed by atoms with Crippen LogP contribution in [-0.2, 0) is 12.8 Å². The molecule has 0 atom stereocenters. The summed E-state index contributed by atoms with van der Waals surface area (Å²) in [7, 11) is 0. The lowest BCUT2D eigenvalue weighted by atomic mass is 10.1. The van der Waals surface area contributed by atoms with Gasteiger partial charge in [0.2, 0.25) is 0 Å². The van der Waals surface area contributed by atoms with Crippen LogP contribution in [0.5, 0.6) is 11.5 Å². The van der Waals surface area contributed by atoms with Crippen molar-refractivity contribution < 1.29 is 9.47 Å². The van der Waals surface area contributed by atoms with Gasteiger partial charge < -0.3 is 9.47 Å². The summed E-state index contributed by atoms with van der Waals surface area (Å²) >= 11 is 6.60. The zero-order valence-electron chi connectivity index (χ0n) is 9.13. The molecule has 2 nitrogen and oxygen atoms in total. The van der Waals surface area contributed by atoms with Crippen molar-refractivity contribution in [2.75, 3.05) is 11.0 Å². The van der Waals surface area contributed by atoms with Crippen LogP contribution >= 0.6 is 31.9 Å². The molecule has 0 saturated carbocycles. The Morgan fingerprint density at radius 3 is 1.88 bits per heavy atom. The van der Waals surface area contributed by atoms with E-state index < -0.39 is 0 Å². The first-order chi connectivity index (χ1) is 7.76. The molecule has 4 heteroatoms. The van der Waals surface area contributed by atoms with Gasteiger partial charge in [-0.1, -0.05) is 6.92 Å². The largest absolute Gasteiger partial charge is 0.482 e. The molecular formula is C12H14Br2O2. The molecule has 0 unspecified atom stereocenters. The van der Waals surface area contributed by atoms with E-state index in [-0.39, 0.29) is 0 Å². The molecular weight excluding hydrogens is 336 g/mol. The van der Waals surface area contributed by atoms with Crippen molar-refractivity contribution in [1.29, 1.82) is 0 Å². The van der Waals surface area contributed by atoms with Gasteiger partial charge in [-0.2, -0.15) is 0 Å². The first-order valence-corrected chi connectivity index (χ1v) is 7.52. The fraction of sp³-hybridized carbons (Fsp3) is 0.500. The van der Waals surface area contributed by atoms with Crippen molar-refractivity contribution >= 4 is 31.9 Å². The Hall–Kier alpha value is -0.220. The highest BCUT2D eigenvalue weighted by Gasteiger charge is 2.25. The number of hydrogen-bond acceptors (Lipinski definition) is 2. The highest BCUT2D eigenvalue weighted by atomic mass is 79.9. The van der Waals surface area contributed by atoms with E-state index in [2.05, 4.69) is 38.8 Å². The monoisotopic (exact) mass is 348 g/mol. The summed E-state index contributed by atoms with van der Waals surface area (Å²) in [5.74, 6) is 2.64. The molecule has 0 radical (unpaired) electrons. The van der Waals surface area contributed by atoms with Crippen LogP contribution < -0.4 is 9.47 Å². The lowest BCUT2D eigenvalue weighted by Crippen LogP contribution is -1.98. The van der Waals surface area contributed by atoms with Crippen LogP contribution in [0.2, 0.25) is 0 Å². The SMILES string of the molecule is CC1Cc2c(OCBr)ccc(OCBr)c2C1. The van der Waals surface area contributed by atoms with E-state index in [9.17, 15) is 0 Å². The average molecular weight is 350 g/mol. The molecule has 1 aromatic rings. The Kier molecular flexibility index (Phi) is 4.14. The van der Waals surface area contributed by atoms with Gasteiger partial charge in [0, 0.05) is 11.1 Å². The van der Waals surface area contributed by atoms with Crippen LogP contribution in [0.1, 0.15) is 18.1 Å². The van der Waals surface area contributed by atoms with E-state index in [1.54, 1.807) is 0 Å². The van der Waals surface area contributed by atoms with Gasteiger partial charge in [0.1, 0.15) is 22.5 Å². The molecule has 0 N–H and O–H groups in total. The smallest absolute Gasteiger partial charge is 0.143 e. The topological polar surface area (TPSA) is 18.5 Å². The Bertz CT molecular complexity index is 345. The molecule has 0 aromatic heterocycles. The van der Waals surface area contributed by atoms with Crippen LogP contribution in [0, 0.1) is 5.92 Å². The normalized spacial score (nSPS) is 14.9. The Labute approximate surface area is 113 Å². The summed E-state index contributed by atoms with van der Waals surface area (Å²) in [5, 5.41) is 0. The van der Waals surface area contributed by atoms with E-state index in [0.717, 1.165) is 24.3 Å². The minimum Gasteiger partial charge on any atom is -0.482 e. The molecule has 0 amide bonds. The Morgan fingerprint density at radius 2 is 1.50 bits per heavy atom. The zero-order valence-corrected chi connectivity index (χ0v) is 12.3. The fourth-order valence-electron chi connectivity index (χ4n) is 2.25. The minimum absolute atomic E-state index is 0.534. The molecule has 0 bridgehead atoms. The van der Waals surface area contributed by atoms with Crippen molar-refractivity contribution in [3.63, 3.8) is 0 Å². The van der Waals surface area contributed by atoms with Crippen LogP contribution in [-0.4, -0.2) is 11.0 Å². The second kappa shape index (κ2) is 5.41. The van der Waals surface area contributed by atoms with Crippen LogP contribution in [0.15, 0.2) is 12.1 Å². The lowest BCUT2D eigenvalue weighted by Gasteiger charge is -2.12. The number of benzene rings is 1. The van der Waals surface area contributed by atoms with Gasteiger partial charge in [-0.25, -0.2) is 0 Å². The summed E-state index contributed by atoms with van der Waals surface area (Å²) in [6, 6.07) is 3.99. The maximum Gasteiger partial charge on any atom is 0.143 e. The van der Waals surface area contributed by atoms with E-state index in [1.165, 1.54) is 11.1 Å². The summed E-state index contributed by atoms with van der Waals surface area (Å²) in [4.78, 5) is 0. The van der Waals surface area contributed by atoms with E-state index in [0.29, 0.717) is 17.0 Å². The van der Waals surface area contributed by atoms with E-state index in [4.69, 9.17) is 9.47 Å². The first-order valence-electron chi connectivity index (χ1n) is 5.28. The van der Waals surface area contributed by atoms with Crippen molar-refractivity contribution in [3.05, 3.63) is 23.3 Å². The standard InChI is InChI=1S/C12H14Br2O2/c1-8-4-9-10(5-8)12(16-7-14)3-2-11(9)15-6-13/h2-3,8H,4-7H2,1H3. The third-order valence-corrected chi connectivity index (χ3v) is 3.33. The first kappa shape index (κ1) is 12.2. The number of rotatable bonds is 4. The zero-order chi connectivity index (χ0) is 11.5. The predicted molar refractivity (Wildman–Crippen MR) is 71.9 cm³/mol. The molecule has 1 aromatic carbocycles. The molecule has 0 fully saturated rings. The number of alkyl halides is 2. The van der Waals surface area contributed by atoms with Gasteiger partial charge >= 0.3 is 0 Å². The van der Waals surface area contributed by atoms with Gasteiger partial charge in [-0.05, 0) is 62.8 Å². The summed E-state index contributed by atoms with van der Waals surface area (Å²) in [6.45, 7) is 2.26. The molecule has 0 aliphatic heterocycles. The van der Waals surface area contributed by atoms with Crippen molar-refractivity contribution in [3.8, 4) is 11.5 Å². The van der Waals surface area contributed by atoms with Crippen LogP contribution in [0.3, 0.4) is 0 Å². The highest BCUT2D eigenvalue weighted by Crippen LogP contribution is 2.39. The van der Waals surface area contributed by atoms with Gasteiger partial charge in [0.15, 0.2) is 0 Å². The molecule has 0 heterocycles. The average Bonchev–Trinajstić information content (AvgIpc) is 2.64. The second-order valence-electron chi connectivity index (χ2n) is 4.04. The van der Waals surface area contributed by atoms with Gasteiger partial charge in [0.25, 0.3) is 0 Å². The lowest BCUT2D eigenvalue weighted by molar-refractivity contribution is 0.382. The number of halogens is 2. The molecule has 1 aliphatic carbocycles. The van der Waals surface area contributed by atoms with E-state index in [1.807, 2.05) is 12.1 Å². The molecule has 1 aliphatic rings.